The molecule has 0 saturated carbocycles. The highest BCUT2D eigenvalue weighted by atomic mass is 79.9. The second-order valence-electron chi connectivity index (χ2n) is 3.97. The molecule has 0 aliphatic carbocycles. The van der Waals surface area contributed by atoms with Gasteiger partial charge < -0.3 is 14.6 Å². The summed E-state index contributed by atoms with van der Waals surface area (Å²) in [6.45, 7) is 2.73. The number of nitrogens with zero attached hydrogens (tertiary/aromatic N) is 1. The fourth-order valence-corrected chi connectivity index (χ4v) is 2.07. The smallest absolute Gasteiger partial charge is 0.247 e. The number of halogens is 1. The summed E-state index contributed by atoms with van der Waals surface area (Å²) in [5.74, 6) is 0.276. The molecule has 2 amide bonds. The lowest BCUT2D eigenvalue weighted by atomic mass is 10.2. The molecule has 5 nitrogen and oxygen atoms in total. The lowest BCUT2D eigenvalue weighted by molar-refractivity contribution is -0.139. The molecule has 0 aromatic carbocycles. The first-order valence-corrected chi connectivity index (χ1v) is 6.39. The molecule has 96 valence electrons. The maximum atomic E-state index is 11.9. The minimum Gasteiger partial charge on any atom is -0.450 e. The monoisotopic (exact) mass is 312 g/mol. The van der Waals surface area contributed by atoms with Gasteiger partial charge >= 0.3 is 0 Å². The summed E-state index contributed by atoms with van der Waals surface area (Å²) in [4.78, 5) is 24.9. The van der Waals surface area contributed by atoms with Crippen molar-refractivity contribution in [1.82, 2.24) is 10.2 Å². The number of nitrogens with one attached hydrogen (secondary N) is 1. The van der Waals surface area contributed by atoms with Gasteiger partial charge in [-0.25, -0.2) is 0 Å². The predicted molar refractivity (Wildman–Crippen MR) is 69.6 cm³/mol. The number of furan rings is 1. The van der Waals surface area contributed by atoms with E-state index in [1.54, 1.807) is 25.1 Å². The molecule has 18 heavy (non-hydrogen) atoms. The van der Waals surface area contributed by atoms with Crippen molar-refractivity contribution in [2.24, 2.45) is 0 Å². The number of rotatable bonds is 2. The molecular weight excluding hydrogens is 300 g/mol. The molecule has 1 aliphatic heterocycles. The van der Waals surface area contributed by atoms with E-state index < -0.39 is 6.04 Å². The van der Waals surface area contributed by atoms with Crippen molar-refractivity contribution in [3.05, 3.63) is 28.6 Å². The van der Waals surface area contributed by atoms with E-state index in [9.17, 15) is 9.59 Å². The third kappa shape index (κ3) is 2.81. The Labute approximate surface area is 113 Å². The fraction of sp³-hybridized carbons (Fsp3) is 0.333. The average molecular weight is 313 g/mol. The quantitative estimate of drug-likeness (QED) is 0.840. The van der Waals surface area contributed by atoms with E-state index in [0.29, 0.717) is 23.5 Å². The van der Waals surface area contributed by atoms with Gasteiger partial charge in [-0.2, -0.15) is 0 Å². The number of amides is 2. The molecule has 6 heteroatoms. The lowest BCUT2D eigenvalue weighted by Gasteiger charge is -2.31. The van der Waals surface area contributed by atoms with Gasteiger partial charge in [-0.3, -0.25) is 9.59 Å². The van der Waals surface area contributed by atoms with Crippen molar-refractivity contribution in [3.8, 4) is 0 Å². The second-order valence-corrected chi connectivity index (χ2v) is 4.76. The molecule has 1 aromatic heterocycles. The van der Waals surface area contributed by atoms with Crippen LogP contribution in [0.4, 0.5) is 0 Å². The molecule has 0 radical (unpaired) electrons. The van der Waals surface area contributed by atoms with Gasteiger partial charge in [-0.1, -0.05) is 0 Å². The first-order valence-electron chi connectivity index (χ1n) is 5.59. The first-order chi connectivity index (χ1) is 8.58. The highest BCUT2D eigenvalue weighted by Gasteiger charge is 2.27. The average Bonchev–Trinajstić information content (AvgIpc) is 2.76. The zero-order valence-electron chi connectivity index (χ0n) is 9.85. The van der Waals surface area contributed by atoms with Crippen LogP contribution in [-0.4, -0.2) is 35.8 Å². The van der Waals surface area contributed by atoms with Crippen molar-refractivity contribution < 1.29 is 14.0 Å². The number of carbonyl (C=O) groups excluding carboxylic acids is 2. The van der Waals surface area contributed by atoms with Crippen molar-refractivity contribution in [3.63, 3.8) is 0 Å². The van der Waals surface area contributed by atoms with E-state index in [1.165, 1.54) is 11.0 Å². The van der Waals surface area contributed by atoms with Crippen LogP contribution in [0.1, 0.15) is 12.7 Å². The van der Waals surface area contributed by atoms with Gasteiger partial charge in [0.25, 0.3) is 0 Å². The number of piperazine rings is 1. The summed E-state index contributed by atoms with van der Waals surface area (Å²) in [7, 11) is 0. The number of hydrogen-bond acceptors (Lipinski definition) is 3. The molecule has 1 N–H and O–H groups in total. The summed E-state index contributed by atoms with van der Waals surface area (Å²) in [6, 6.07) is 3.07. The van der Waals surface area contributed by atoms with E-state index in [2.05, 4.69) is 21.2 Å². The van der Waals surface area contributed by atoms with Crippen LogP contribution in [0.15, 0.2) is 27.3 Å². The van der Waals surface area contributed by atoms with Crippen molar-refractivity contribution >= 4 is 33.8 Å². The largest absolute Gasteiger partial charge is 0.450 e. The van der Waals surface area contributed by atoms with E-state index in [4.69, 9.17) is 4.42 Å². The van der Waals surface area contributed by atoms with Gasteiger partial charge in [0.05, 0.1) is 0 Å². The lowest BCUT2D eigenvalue weighted by Crippen LogP contribution is -2.55. The molecule has 1 saturated heterocycles. The molecular formula is C12H13BrN2O3. The third-order valence-corrected chi connectivity index (χ3v) is 3.19. The highest BCUT2D eigenvalue weighted by molar-refractivity contribution is 9.10. The maximum absolute atomic E-state index is 11.9. The van der Waals surface area contributed by atoms with E-state index in [0.717, 1.165) is 0 Å². The Kier molecular flexibility index (Phi) is 3.86. The second kappa shape index (κ2) is 5.39. The molecule has 1 atom stereocenters. The van der Waals surface area contributed by atoms with Crippen LogP contribution in [0.25, 0.3) is 6.08 Å². The van der Waals surface area contributed by atoms with Crippen LogP contribution < -0.4 is 5.32 Å². The third-order valence-electron chi connectivity index (χ3n) is 2.77. The molecule has 1 aromatic rings. The molecule has 0 spiro atoms. The van der Waals surface area contributed by atoms with Crippen LogP contribution >= 0.6 is 15.9 Å². The van der Waals surface area contributed by atoms with Gasteiger partial charge in [-0.15, -0.1) is 0 Å². The molecule has 1 aliphatic rings. The maximum Gasteiger partial charge on any atom is 0.247 e. The first kappa shape index (κ1) is 12.9. The van der Waals surface area contributed by atoms with E-state index in [1.807, 2.05) is 0 Å². The summed E-state index contributed by atoms with van der Waals surface area (Å²) in [5, 5.41) is 2.71. The minimum absolute atomic E-state index is 0.122. The Hall–Kier alpha value is -1.56. The van der Waals surface area contributed by atoms with Gasteiger partial charge in [0.2, 0.25) is 11.8 Å². The van der Waals surface area contributed by atoms with Gasteiger partial charge in [0.1, 0.15) is 11.8 Å². The summed E-state index contributed by atoms with van der Waals surface area (Å²) < 4.78 is 5.86. The van der Waals surface area contributed by atoms with Crippen LogP contribution in [-0.2, 0) is 9.59 Å². The van der Waals surface area contributed by atoms with Crippen LogP contribution in [0, 0.1) is 0 Å². The molecule has 2 heterocycles. The summed E-state index contributed by atoms with van der Waals surface area (Å²) >= 11 is 3.18. The van der Waals surface area contributed by atoms with Gasteiger partial charge in [0, 0.05) is 19.2 Å². The Morgan fingerprint density at radius 1 is 1.61 bits per heavy atom. The fourth-order valence-electron chi connectivity index (χ4n) is 1.75. The minimum atomic E-state index is -0.431. The van der Waals surface area contributed by atoms with Gasteiger partial charge in [-0.05, 0) is 41.1 Å². The van der Waals surface area contributed by atoms with Crippen molar-refractivity contribution in [1.29, 1.82) is 0 Å². The molecule has 1 fully saturated rings. The zero-order valence-corrected chi connectivity index (χ0v) is 11.4. The summed E-state index contributed by atoms with van der Waals surface area (Å²) in [5.41, 5.74) is 0. The normalized spacial score (nSPS) is 20.2. The zero-order chi connectivity index (χ0) is 13.1. The van der Waals surface area contributed by atoms with Crippen LogP contribution in [0.3, 0.4) is 0 Å². The van der Waals surface area contributed by atoms with Crippen LogP contribution in [0.5, 0.6) is 0 Å². The molecule has 1 unspecified atom stereocenters. The Morgan fingerprint density at radius 2 is 2.39 bits per heavy atom. The Balaban J connectivity index is 2.03. The van der Waals surface area contributed by atoms with Crippen LogP contribution in [0.2, 0.25) is 0 Å². The topological polar surface area (TPSA) is 62.6 Å². The Morgan fingerprint density at radius 3 is 3.06 bits per heavy atom. The SMILES string of the molecule is CC1C(=O)NCCN1C(=O)C=Cc1ccc(Br)o1. The van der Waals surface area contributed by atoms with Crippen molar-refractivity contribution in [2.45, 2.75) is 13.0 Å². The van der Waals surface area contributed by atoms with E-state index in [-0.39, 0.29) is 11.8 Å². The standard InChI is InChI=1S/C12H13BrN2O3/c1-8-12(17)14-6-7-15(8)11(16)5-3-9-2-4-10(13)18-9/h2-5,8H,6-7H2,1H3,(H,14,17). The van der Waals surface area contributed by atoms with Gasteiger partial charge in [0.15, 0.2) is 4.67 Å². The Bertz CT molecular complexity index is 495. The predicted octanol–water partition coefficient (Wildman–Crippen LogP) is 1.40. The van der Waals surface area contributed by atoms with Crippen molar-refractivity contribution in [2.75, 3.05) is 13.1 Å². The highest BCUT2D eigenvalue weighted by Crippen LogP contribution is 2.15. The number of hydrogen-bond donors (Lipinski definition) is 1. The number of carbonyl (C=O) groups is 2. The van der Waals surface area contributed by atoms with E-state index >= 15 is 0 Å². The molecule has 0 bridgehead atoms. The molecule has 2 rings (SSSR count). The summed E-state index contributed by atoms with van der Waals surface area (Å²) in [6.07, 6.45) is 3.01.